The van der Waals surface area contributed by atoms with Gasteiger partial charge in [-0.2, -0.15) is 0 Å². The third-order valence-electron chi connectivity index (χ3n) is 15.2. The number of carboxylic acid groups (broad SMARTS) is 1. The summed E-state index contributed by atoms with van der Waals surface area (Å²) < 4.78 is 49.0. The molecule has 0 spiro atoms. The van der Waals surface area contributed by atoms with Crippen molar-refractivity contribution in [2.45, 2.75) is 115 Å². The summed E-state index contributed by atoms with van der Waals surface area (Å²) in [4.78, 5) is 86.5. The van der Waals surface area contributed by atoms with Gasteiger partial charge in [-0.1, -0.05) is 109 Å². The van der Waals surface area contributed by atoms with Crippen molar-refractivity contribution in [3.63, 3.8) is 0 Å². The van der Waals surface area contributed by atoms with Crippen LogP contribution in [-0.2, 0) is 63.8 Å². The van der Waals surface area contributed by atoms with Crippen LogP contribution in [0.15, 0.2) is 133 Å². The Hall–Kier alpha value is -8.04. The minimum absolute atomic E-state index is 0.102. The third kappa shape index (κ3) is 19.5. The Morgan fingerprint density at radius 1 is 0.517 bits per heavy atom. The summed E-state index contributed by atoms with van der Waals surface area (Å²) in [6.07, 6.45) is -0.363. The molecule has 0 unspecified atom stereocenters. The van der Waals surface area contributed by atoms with Crippen molar-refractivity contribution in [2.75, 3.05) is 73.7 Å². The van der Waals surface area contributed by atoms with Crippen LogP contribution in [-0.4, -0.2) is 182 Å². The fraction of sp³-hybridized carbons (Fsp3) is 0.433. The maximum Gasteiger partial charge on any atom is 0.408 e. The Balaban J connectivity index is 0.000000249. The van der Waals surface area contributed by atoms with Gasteiger partial charge in [-0.3, -0.25) is 29.0 Å². The van der Waals surface area contributed by atoms with E-state index in [1.807, 2.05) is 65.6 Å². The molecule has 0 radical (unpaired) electrons. The molecule has 87 heavy (non-hydrogen) atoms. The highest BCUT2D eigenvalue weighted by atomic mass is 19.1. The lowest BCUT2D eigenvalue weighted by atomic mass is 9.98. The number of nitrogens with zero attached hydrogens (tertiary/aromatic N) is 4. The van der Waals surface area contributed by atoms with Crippen LogP contribution in [0.4, 0.5) is 18.4 Å². The number of benzene rings is 6. The van der Waals surface area contributed by atoms with Crippen molar-refractivity contribution in [3.8, 4) is 0 Å². The number of fused-ring (bicyclic) bond motifs is 2. The van der Waals surface area contributed by atoms with Gasteiger partial charge in [-0.25, -0.2) is 18.4 Å². The van der Waals surface area contributed by atoms with Gasteiger partial charge in [-0.05, 0) is 122 Å². The minimum atomic E-state index is -0.987. The van der Waals surface area contributed by atoms with E-state index in [0.717, 1.165) is 32.7 Å². The molecule has 6 aromatic carbocycles. The van der Waals surface area contributed by atoms with Crippen LogP contribution in [0, 0.1) is 11.6 Å². The summed E-state index contributed by atoms with van der Waals surface area (Å²) in [6, 6.07) is 35.8. The number of methoxy groups -OCH3 is 2. The highest BCUT2D eigenvalue weighted by Gasteiger charge is 2.41. The molecule has 6 aromatic rings. The molecule has 2 heterocycles. The number of carbonyl (C=O) groups is 6. The lowest BCUT2D eigenvalue weighted by Gasteiger charge is -2.44. The SMILES string of the molecule is CNC(=O)[C@H](Cc1ccc2ccccc2c1)N1CCN(C(=O)[C@@H](Cc2ccc(F)cc2)NC(=O)OC(C)(C)C)[C@@H](COC)C1.COC[C@H]1CN([C@@H](Cc2ccc3ccccc3c2)C(=O)O)CCN1C(=O)[C@@H](Cc1ccc(F)cc1)NC(=O)OC(C)(C)C. The van der Waals surface area contributed by atoms with E-state index >= 15 is 0 Å². The first-order valence-corrected chi connectivity index (χ1v) is 29.3. The van der Waals surface area contributed by atoms with Crippen LogP contribution in [0.1, 0.15) is 63.8 Å². The van der Waals surface area contributed by atoms with Crippen molar-refractivity contribution in [2.24, 2.45) is 0 Å². The van der Waals surface area contributed by atoms with E-state index in [1.54, 1.807) is 89.8 Å². The van der Waals surface area contributed by atoms with Gasteiger partial charge in [0.25, 0.3) is 0 Å². The number of carboxylic acids is 1. The van der Waals surface area contributed by atoms with Crippen molar-refractivity contribution in [3.05, 3.63) is 167 Å². The molecular weight excluding hydrogens is 1120 g/mol. The average molecular weight is 1200 g/mol. The Morgan fingerprint density at radius 2 is 0.885 bits per heavy atom. The van der Waals surface area contributed by atoms with E-state index in [0.29, 0.717) is 50.1 Å². The first-order chi connectivity index (χ1) is 41.4. The quantitative estimate of drug-likeness (QED) is 0.0569. The van der Waals surface area contributed by atoms with Gasteiger partial charge < -0.3 is 49.8 Å². The number of aliphatic carboxylic acids is 1. The van der Waals surface area contributed by atoms with Crippen LogP contribution in [0.5, 0.6) is 0 Å². The van der Waals surface area contributed by atoms with Crippen LogP contribution in [0.2, 0.25) is 0 Å². The van der Waals surface area contributed by atoms with E-state index in [2.05, 4.69) is 45.1 Å². The number of rotatable bonds is 20. The van der Waals surface area contributed by atoms with Crippen LogP contribution in [0.25, 0.3) is 21.5 Å². The highest BCUT2D eigenvalue weighted by Crippen LogP contribution is 2.25. The highest BCUT2D eigenvalue weighted by molar-refractivity contribution is 5.88. The fourth-order valence-corrected chi connectivity index (χ4v) is 11.1. The van der Waals surface area contributed by atoms with Crippen molar-refractivity contribution in [1.82, 2.24) is 35.6 Å². The molecular formula is C67H83F2N7O11. The Labute approximate surface area is 508 Å². The standard InChI is InChI=1S/C34H43FN4O5.C33H40FN3O6/c1-34(2,3)44-33(42)37-29(19-23-11-14-27(35)15-12-23)32(41)39-17-16-38(21-28(39)22-43-5)30(31(40)36-4)20-24-10-13-25-8-6-7-9-26(25)18-24;1-33(2,3)43-32(41)35-28(18-22-10-13-26(34)14-11-22)30(38)37-16-15-36(20-27(37)21-42-4)29(31(39)40)19-23-9-12-24-7-5-6-8-25(24)17-23/h6-15,18,28-30H,16-17,19-22H2,1-5H3,(H,36,40)(H,37,42);5-14,17,27-29H,15-16,18-21H2,1-4H3,(H,35,41)(H,39,40)/t28-,29-,30+;27-,28-,29+/m11/s1. The molecule has 6 atom stereocenters. The molecule has 4 N–H and O–H groups in total. The average Bonchev–Trinajstić information content (AvgIpc) is 2.02. The number of hydrogen-bond acceptors (Lipinski definition) is 12. The molecule has 5 amide bonds. The minimum Gasteiger partial charge on any atom is -0.480 e. The van der Waals surface area contributed by atoms with E-state index in [-0.39, 0.29) is 68.7 Å². The maximum atomic E-state index is 14.1. The second-order valence-corrected chi connectivity index (χ2v) is 24.1. The van der Waals surface area contributed by atoms with E-state index in [4.69, 9.17) is 18.9 Å². The molecule has 20 heteroatoms. The van der Waals surface area contributed by atoms with Gasteiger partial charge in [0.15, 0.2) is 0 Å². The van der Waals surface area contributed by atoms with Gasteiger partial charge in [0.2, 0.25) is 17.7 Å². The maximum absolute atomic E-state index is 14.1. The summed E-state index contributed by atoms with van der Waals surface area (Å²) in [5.41, 5.74) is 1.79. The smallest absolute Gasteiger partial charge is 0.408 e. The number of nitrogens with one attached hydrogen (secondary N) is 3. The van der Waals surface area contributed by atoms with Gasteiger partial charge in [0, 0.05) is 73.4 Å². The predicted octanol–water partition coefficient (Wildman–Crippen LogP) is 8.20. The predicted molar refractivity (Wildman–Crippen MR) is 329 cm³/mol. The largest absolute Gasteiger partial charge is 0.480 e. The van der Waals surface area contributed by atoms with Crippen LogP contribution in [0.3, 0.4) is 0 Å². The van der Waals surface area contributed by atoms with Gasteiger partial charge in [0.05, 0.1) is 31.3 Å². The lowest BCUT2D eigenvalue weighted by molar-refractivity contribution is -0.148. The number of likely N-dealkylation sites (N-methyl/N-ethyl adjacent to an activating group) is 1. The van der Waals surface area contributed by atoms with E-state index in [9.17, 15) is 42.7 Å². The molecule has 2 aliphatic rings. The summed E-state index contributed by atoms with van der Waals surface area (Å²) in [7, 11) is 4.73. The summed E-state index contributed by atoms with van der Waals surface area (Å²) in [5.74, 6) is -2.48. The first-order valence-electron chi connectivity index (χ1n) is 29.3. The topological polar surface area (TPSA) is 209 Å². The molecule has 18 nitrogen and oxygen atoms in total. The molecule has 2 fully saturated rings. The number of halogens is 2. The number of alkyl carbamates (subject to hydrolysis) is 2. The molecule has 8 rings (SSSR count). The Bertz CT molecular complexity index is 3300. The van der Waals surface area contributed by atoms with Gasteiger partial charge in [0.1, 0.15) is 41.0 Å². The van der Waals surface area contributed by atoms with Crippen molar-refractivity contribution >= 4 is 57.4 Å². The van der Waals surface area contributed by atoms with Gasteiger partial charge in [-0.15, -0.1) is 0 Å². The van der Waals surface area contributed by atoms with E-state index < -0.39 is 65.4 Å². The zero-order chi connectivity index (χ0) is 63.0. The molecule has 0 aromatic heterocycles. The number of carbonyl (C=O) groups excluding carboxylic acids is 5. The molecule has 466 valence electrons. The Kier molecular flexibility index (Phi) is 23.3. The molecule has 0 saturated carbocycles. The number of amides is 5. The van der Waals surface area contributed by atoms with Gasteiger partial charge >= 0.3 is 18.2 Å². The number of hydrogen-bond donors (Lipinski definition) is 4. The Morgan fingerprint density at radius 3 is 1.25 bits per heavy atom. The molecule has 0 aliphatic carbocycles. The van der Waals surface area contributed by atoms with Crippen LogP contribution < -0.4 is 16.0 Å². The van der Waals surface area contributed by atoms with E-state index in [1.165, 1.54) is 31.4 Å². The summed E-state index contributed by atoms with van der Waals surface area (Å²) in [5, 5.41) is 22.8. The van der Waals surface area contributed by atoms with Crippen LogP contribution >= 0.6 is 0 Å². The zero-order valence-corrected chi connectivity index (χ0v) is 51.2. The summed E-state index contributed by atoms with van der Waals surface area (Å²) in [6.45, 7) is 12.9. The molecule has 0 bridgehead atoms. The second kappa shape index (κ2) is 30.5. The first kappa shape index (κ1) is 66.5. The molecule has 2 saturated heterocycles. The lowest BCUT2D eigenvalue weighted by Crippen LogP contribution is -2.64. The third-order valence-corrected chi connectivity index (χ3v) is 15.2. The normalized spacial score (nSPS) is 17.2. The van der Waals surface area contributed by atoms with Crippen molar-refractivity contribution < 1.29 is 61.6 Å². The molecule has 2 aliphatic heterocycles. The number of ether oxygens (including phenoxy) is 4. The summed E-state index contributed by atoms with van der Waals surface area (Å²) >= 11 is 0. The number of piperazine rings is 2. The fourth-order valence-electron chi connectivity index (χ4n) is 11.1. The zero-order valence-electron chi connectivity index (χ0n) is 51.2. The van der Waals surface area contributed by atoms with Crippen molar-refractivity contribution in [1.29, 1.82) is 0 Å². The second-order valence-electron chi connectivity index (χ2n) is 24.1. The monoisotopic (exact) mass is 1200 g/mol.